The summed E-state index contributed by atoms with van der Waals surface area (Å²) in [6, 6.07) is 10.7. The lowest BCUT2D eigenvalue weighted by Gasteiger charge is -2.13. The fourth-order valence-electron chi connectivity index (χ4n) is 1.66. The molecule has 94 valence electrons. The molecule has 1 N–H and O–H groups in total. The fourth-order valence-corrected chi connectivity index (χ4v) is 1.86. The maximum atomic E-state index is 13.0. The van der Waals surface area contributed by atoms with Crippen molar-refractivity contribution in [2.75, 3.05) is 0 Å². The van der Waals surface area contributed by atoms with E-state index < -0.39 is 5.82 Å². The summed E-state index contributed by atoms with van der Waals surface area (Å²) in [4.78, 5) is 4.27. The van der Waals surface area contributed by atoms with E-state index in [1.54, 1.807) is 18.3 Å². The molecule has 18 heavy (non-hydrogen) atoms. The summed E-state index contributed by atoms with van der Waals surface area (Å²) in [6.07, 6.45) is 1.77. The lowest BCUT2D eigenvalue weighted by Crippen LogP contribution is -2.18. The van der Waals surface area contributed by atoms with Gasteiger partial charge in [-0.05, 0) is 36.8 Å². The zero-order valence-corrected chi connectivity index (χ0v) is 10.8. The molecule has 1 aromatic carbocycles. The molecule has 0 bridgehead atoms. The Morgan fingerprint density at radius 1 is 1.33 bits per heavy atom. The van der Waals surface area contributed by atoms with Gasteiger partial charge in [0.05, 0.1) is 10.7 Å². The largest absolute Gasteiger partial charge is 0.305 e. The molecule has 0 aliphatic rings. The minimum Gasteiger partial charge on any atom is -0.305 e. The van der Waals surface area contributed by atoms with Gasteiger partial charge in [0.25, 0.3) is 0 Å². The molecule has 1 unspecified atom stereocenters. The van der Waals surface area contributed by atoms with Gasteiger partial charge in [0.2, 0.25) is 0 Å². The van der Waals surface area contributed by atoms with Gasteiger partial charge in [-0.1, -0.05) is 23.7 Å². The average Bonchev–Trinajstić information content (AvgIpc) is 2.41. The topological polar surface area (TPSA) is 24.9 Å². The minimum absolute atomic E-state index is 0.134. The van der Waals surface area contributed by atoms with Gasteiger partial charge >= 0.3 is 0 Å². The third kappa shape index (κ3) is 3.28. The number of nitrogens with zero attached hydrogens (tertiary/aromatic N) is 1. The smallest absolute Gasteiger partial charge is 0.141 e. The van der Waals surface area contributed by atoms with E-state index in [2.05, 4.69) is 10.3 Å². The monoisotopic (exact) mass is 264 g/mol. The number of nitrogens with one attached hydrogen (secondary N) is 1. The molecule has 2 aromatic rings. The highest BCUT2D eigenvalue weighted by atomic mass is 35.5. The van der Waals surface area contributed by atoms with E-state index in [0.717, 1.165) is 11.3 Å². The Labute approximate surface area is 111 Å². The van der Waals surface area contributed by atoms with Crippen LogP contribution in [-0.2, 0) is 6.54 Å². The van der Waals surface area contributed by atoms with Crippen molar-refractivity contribution in [3.63, 3.8) is 0 Å². The van der Waals surface area contributed by atoms with Crippen molar-refractivity contribution in [2.45, 2.75) is 19.5 Å². The third-order valence-electron chi connectivity index (χ3n) is 2.73. The first kappa shape index (κ1) is 13.0. The van der Waals surface area contributed by atoms with Crippen LogP contribution in [0.4, 0.5) is 4.39 Å². The van der Waals surface area contributed by atoms with Crippen molar-refractivity contribution in [3.8, 4) is 0 Å². The molecule has 1 aromatic heterocycles. The van der Waals surface area contributed by atoms with E-state index in [9.17, 15) is 4.39 Å². The molecule has 2 rings (SSSR count). The lowest BCUT2D eigenvalue weighted by atomic mass is 10.2. The quantitative estimate of drug-likeness (QED) is 0.910. The first-order valence-electron chi connectivity index (χ1n) is 5.75. The summed E-state index contributed by atoms with van der Waals surface area (Å²) >= 11 is 5.73. The van der Waals surface area contributed by atoms with E-state index in [1.165, 1.54) is 6.07 Å². The number of rotatable bonds is 4. The molecule has 0 saturated carbocycles. The molecule has 0 spiro atoms. The van der Waals surface area contributed by atoms with Gasteiger partial charge in [-0.2, -0.15) is 0 Å². The summed E-state index contributed by atoms with van der Waals surface area (Å²) in [5, 5.41) is 3.47. The van der Waals surface area contributed by atoms with Crippen LogP contribution in [0.1, 0.15) is 24.2 Å². The van der Waals surface area contributed by atoms with Crippen LogP contribution >= 0.6 is 11.6 Å². The summed E-state index contributed by atoms with van der Waals surface area (Å²) in [7, 11) is 0. The summed E-state index contributed by atoms with van der Waals surface area (Å²) in [5.74, 6) is -0.391. The second kappa shape index (κ2) is 5.94. The molecule has 0 aliphatic heterocycles. The summed E-state index contributed by atoms with van der Waals surface area (Å²) in [5.41, 5.74) is 1.93. The Bertz CT molecular complexity index is 516. The van der Waals surface area contributed by atoms with Crippen molar-refractivity contribution >= 4 is 11.6 Å². The van der Waals surface area contributed by atoms with Gasteiger partial charge in [0.1, 0.15) is 5.82 Å². The van der Waals surface area contributed by atoms with E-state index in [0.29, 0.717) is 6.54 Å². The Morgan fingerprint density at radius 3 is 2.83 bits per heavy atom. The molecule has 0 aliphatic carbocycles. The van der Waals surface area contributed by atoms with E-state index in [-0.39, 0.29) is 11.1 Å². The van der Waals surface area contributed by atoms with Crippen LogP contribution in [0.15, 0.2) is 42.6 Å². The van der Waals surface area contributed by atoms with Crippen LogP contribution in [0.3, 0.4) is 0 Å². The molecule has 0 saturated heterocycles. The average molecular weight is 265 g/mol. The number of hydrogen-bond donors (Lipinski definition) is 1. The van der Waals surface area contributed by atoms with Gasteiger partial charge in [-0.25, -0.2) is 4.39 Å². The first-order valence-corrected chi connectivity index (χ1v) is 6.13. The first-order chi connectivity index (χ1) is 8.66. The minimum atomic E-state index is -0.391. The molecular weight excluding hydrogens is 251 g/mol. The number of benzene rings is 1. The van der Waals surface area contributed by atoms with Crippen LogP contribution in [0.5, 0.6) is 0 Å². The maximum absolute atomic E-state index is 13.0. The van der Waals surface area contributed by atoms with Crippen LogP contribution in [0, 0.1) is 5.82 Å². The Balaban J connectivity index is 1.97. The molecule has 2 nitrogen and oxygen atoms in total. The molecule has 4 heteroatoms. The van der Waals surface area contributed by atoms with Gasteiger partial charge in [-0.3, -0.25) is 4.98 Å². The predicted molar refractivity (Wildman–Crippen MR) is 70.9 cm³/mol. The highest BCUT2D eigenvalue weighted by molar-refractivity contribution is 6.30. The summed E-state index contributed by atoms with van der Waals surface area (Å²) in [6.45, 7) is 2.66. The number of hydrogen-bond acceptors (Lipinski definition) is 2. The van der Waals surface area contributed by atoms with Crippen molar-refractivity contribution < 1.29 is 4.39 Å². The highest BCUT2D eigenvalue weighted by Gasteiger charge is 2.06. The normalized spacial score (nSPS) is 12.4. The third-order valence-corrected chi connectivity index (χ3v) is 3.02. The molecule has 1 atom stereocenters. The van der Waals surface area contributed by atoms with Crippen molar-refractivity contribution in [3.05, 3.63) is 64.7 Å². The summed E-state index contributed by atoms with van der Waals surface area (Å²) < 4.78 is 13.0. The van der Waals surface area contributed by atoms with E-state index in [1.807, 2.05) is 25.1 Å². The van der Waals surface area contributed by atoms with Crippen LogP contribution in [-0.4, -0.2) is 4.98 Å². The maximum Gasteiger partial charge on any atom is 0.141 e. The van der Waals surface area contributed by atoms with Gasteiger partial charge < -0.3 is 5.32 Å². The standard InChI is InChI=1S/C14H14ClFN2/c1-10(14-4-2-3-7-17-14)18-9-11-5-6-13(16)12(15)8-11/h2-8,10,18H,9H2,1H3. The van der Waals surface area contributed by atoms with Gasteiger partial charge in [0.15, 0.2) is 0 Å². The molecule has 1 heterocycles. The van der Waals surface area contributed by atoms with Crippen molar-refractivity contribution in [1.29, 1.82) is 0 Å². The number of pyridine rings is 1. The van der Waals surface area contributed by atoms with Crippen LogP contribution in [0.2, 0.25) is 5.02 Å². The number of halogens is 2. The highest BCUT2D eigenvalue weighted by Crippen LogP contribution is 2.17. The second-order valence-corrected chi connectivity index (χ2v) is 4.51. The van der Waals surface area contributed by atoms with Crippen molar-refractivity contribution in [2.24, 2.45) is 0 Å². The molecular formula is C14H14ClFN2. The molecule has 0 radical (unpaired) electrons. The van der Waals surface area contributed by atoms with Gasteiger partial charge in [-0.15, -0.1) is 0 Å². The van der Waals surface area contributed by atoms with E-state index >= 15 is 0 Å². The SMILES string of the molecule is CC(NCc1ccc(F)c(Cl)c1)c1ccccn1. The molecule has 0 amide bonds. The Kier molecular flexibility index (Phi) is 4.28. The Morgan fingerprint density at radius 2 is 2.17 bits per heavy atom. The lowest BCUT2D eigenvalue weighted by molar-refractivity contribution is 0.560. The fraction of sp³-hybridized carbons (Fsp3) is 0.214. The molecule has 0 fully saturated rings. The zero-order chi connectivity index (χ0) is 13.0. The van der Waals surface area contributed by atoms with Gasteiger partial charge in [0, 0.05) is 18.8 Å². The van der Waals surface area contributed by atoms with E-state index in [4.69, 9.17) is 11.6 Å². The zero-order valence-electron chi connectivity index (χ0n) is 10.0. The Hall–Kier alpha value is -1.45. The number of aromatic nitrogens is 1. The second-order valence-electron chi connectivity index (χ2n) is 4.11. The van der Waals surface area contributed by atoms with Crippen molar-refractivity contribution in [1.82, 2.24) is 10.3 Å². The van der Waals surface area contributed by atoms with Crippen LogP contribution in [0.25, 0.3) is 0 Å². The van der Waals surface area contributed by atoms with Crippen LogP contribution < -0.4 is 5.32 Å². The predicted octanol–water partition coefficient (Wildman–Crippen LogP) is 3.72.